The molecule has 0 bridgehead atoms. The first kappa shape index (κ1) is 22.5. The minimum atomic E-state index is -4.42. The summed E-state index contributed by atoms with van der Waals surface area (Å²) in [6, 6.07) is 10.9. The van der Waals surface area contributed by atoms with E-state index in [1.165, 1.54) is 36.4 Å². The number of amides is 2. The fourth-order valence-corrected chi connectivity index (χ4v) is 3.82. The highest BCUT2D eigenvalue weighted by Crippen LogP contribution is 2.15. The maximum Gasteiger partial charge on any atom is 0.294 e. The third kappa shape index (κ3) is 6.64. The maximum atomic E-state index is 12.1. The molecule has 0 aliphatic rings. The van der Waals surface area contributed by atoms with Crippen molar-refractivity contribution in [2.75, 3.05) is 5.32 Å². The third-order valence-corrected chi connectivity index (χ3v) is 5.94. The molecule has 2 rings (SSSR count). The molecule has 0 aliphatic heterocycles. The van der Waals surface area contributed by atoms with E-state index in [-0.39, 0.29) is 23.4 Å². The average molecular weight is 441 g/mol. The molecule has 0 saturated heterocycles. The average Bonchev–Trinajstić information content (AvgIpc) is 2.66. The lowest BCUT2D eigenvalue weighted by Crippen LogP contribution is -2.43. The summed E-state index contributed by atoms with van der Waals surface area (Å²) in [6.07, 6.45) is -0.379. The Labute approximate surface area is 167 Å². The monoisotopic (exact) mass is 441 g/mol. The van der Waals surface area contributed by atoms with Crippen LogP contribution in [-0.4, -0.2) is 39.2 Å². The Balaban J connectivity index is 1.91. The molecule has 2 aromatic carbocycles. The number of anilines is 1. The fourth-order valence-electron chi connectivity index (χ4n) is 2.24. The van der Waals surface area contributed by atoms with Crippen LogP contribution in [0.2, 0.25) is 0 Å². The Kier molecular flexibility index (Phi) is 7.08. The molecule has 0 aromatic heterocycles. The maximum absolute atomic E-state index is 12.1. The Morgan fingerprint density at radius 3 is 2.21 bits per heavy atom. The summed E-state index contributed by atoms with van der Waals surface area (Å²) in [5.74, 6) is -1.54. The zero-order valence-electron chi connectivity index (χ0n) is 15.0. The van der Waals surface area contributed by atoms with E-state index in [9.17, 15) is 26.4 Å². The van der Waals surface area contributed by atoms with Crippen LogP contribution in [0.1, 0.15) is 12.8 Å². The van der Waals surface area contributed by atoms with Crippen molar-refractivity contribution in [3.05, 3.63) is 54.6 Å². The minimum absolute atomic E-state index is 0.1000. The van der Waals surface area contributed by atoms with Crippen molar-refractivity contribution in [3.8, 4) is 0 Å². The molecule has 1 unspecified atom stereocenters. The number of benzene rings is 2. The van der Waals surface area contributed by atoms with Gasteiger partial charge in [0.15, 0.2) is 0 Å². The van der Waals surface area contributed by atoms with Crippen LogP contribution in [-0.2, 0) is 29.7 Å². The van der Waals surface area contributed by atoms with Gasteiger partial charge < -0.3 is 11.1 Å². The Morgan fingerprint density at radius 2 is 1.59 bits per heavy atom. The van der Waals surface area contributed by atoms with E-state index in [0.29, 0.717) is 0 Å². The number of rotatable bonds is 8. The molecule has 1 atom stereocenters. The summed E-state index contributed by atoms with van der Waals surface area (Å²) < 4.78 is 57.3. The van der Waals surface area contributed by atoms with Crippen LogP contribution in [0, 0.1) is 0 Å². The molecule has 29 heavy (non-hydrogen) atoms. The van der Waals surface area contributed by atoms with Gasteiger partial charge in [-0.1, -0.05) is 24.3 Å². The zero-order chi connectivity index (χ0) is 21.7. The molecule has 0 aliphatic carbocycles. The van der Waals surface area contributed by atoms with Crippen LogP contribution in [0.15, 0.2) is 64.4 Å². The smallest absolute Gasteiger partial charge is 0.294 e. The summed E-state index contributed by atoms with van der Waals surface area (Å²) in [4.78, 5) is 23.5. The van der Waals surface area contributed by atoms with Gasteiger partial charge in [-0.2, -0.15) is 8.42 Å². The van der Waals surface area contributed by atoms with Crippen molar-refractivity contribution in [1.82, 2.24) is 4.72 Å². The first-order valence-corrected chi connectivity index (χ1v) is 11.2. The molecule has 0 radical (unpaired) electrons. The van der Waals surface area contributed by atoms with Crippen LogP contribution in [0.25, 0.3) is 0 Å². The van der Waals surface area contributed by atoms with E-state index < -0.39 is 42.9 Å². The number of nitrogens with two attached hydrogens (primary N) is 1. The van der Waals surface area contributed by atoms with Crippen molar-refractivity contribution >= 4 is 37.6 Å². The topological polar surface area (TPSA) is 173 Å². The molecule has 0 spiro atoms. The van der Waals surface area contributed by atoms with E-state index in [4.69, 9.17) is 10.3 Å². The molecule has 0 fully saturated rings. The number of hydrogen-bond acceptors (Lipinski definition) is 7. The van der Waals surface area contributed by atoms with E-state index >= 15 is 0 Å². The molecule has 12 heteroatoms. The second kappa shape index (κ2) is 9.13. The van der Waals surface area contributed by atoms with Crippen LogP contribution >= 0.6 is 0 Å². The van der Waals surface area contributed by atoms with E-state index in [2.05, 4.69) is 5.32 Å². The SMILES string of the molecule is NC(CCC(=O)Nc1cccc(S(=O)(=O)O)c1)C(=O)NS(=O)(=O)c1ccccc1. The fraction of sp³-hybridized carbons (Fsp3) is 0.176. The number of nitrogens with one attached hydrogen (secondary N) is 2. The molecular formula is C17H19N3O7S2. The second-order valence-corrected chi connectivity index (χ2v) is 9.08. The van der Waals surface area contributed by atoms with E-state index in [1.807, 2.05) is 4.72 Å². The zero-order valence-corrected chi connectivity index (χ0v) is 16.6. The summed E-state index contributed by atoms with van der Waals surface area (Å²) >= 11 is 0. The van der Waals surface area contributed by atoms with Gasteiger partial charge in [-0.15, -0.1) is 0 Å². The highest BCUT2D eigenvalue weighted by atomic mass is 32.2. The van der Waals surface area contributed by atoms with Gasteiger partial charge in [-0.05, 0) is 36.8 Å². The van der Waals surface area contributed by atoms with Crippen LogP contribution in [0.3, 0.4) is 0 Å². The predicted octanol–water partition coefficient (Wildman–Crippen LogP) is 0.484. The Morgan fingerprint density at radius 1 is 0.966 bits per heavy atom. The molecule has 2 aromatic rings. The number of hydrogen-bond donors (Lipinski definition) is 4. The van der Waals surface area contributed by atoms with Crippen LogP contribution in [0.4, 0.5) is 5.69 Å². The van der Waals surface area contributed by atoms with Gasteiger partial charge in [-0.25, -0.2) is 13.1 Å². The second-order valence-electron chi connectivity index (χ2n) is 5.98. The first-order chi connectivity index (χ1) is 13.5. The lowest BCUT2D eigenvalue weighted by molar-refractivity contribution is -0.121. The highest BCUT2D eigenvalue weighted by molar-refractivity contribution is 7.90. The van der Waals surface area contributed by atoms with Gasteiger partial charge >= 0.3 is 0 Å². The number of sulfonamides is 1. The molecule has 156 valence electrons. The van der Waals surface area contributed by atoms with Crippen LogP contribution in [0.5, 0.6) is 0 Å². The quantitative estimate of drug-likeness (QED) is 0.428. The lowest BCUT2D eigenvalue weighted by atomic mass is 10.1. The van der Waals surface area contributed by atoms with Crippen LogP contribution < -0.4 is 15.8 Å². The van der Waals surface area contributed by atoms with Crippen molar-refractivity contribution < 1.29 is 31.0 Å². The summed E-state index contributed by atoms with van der Waals surface area (Å²) in [5, 5.41) is 2.40. The molecule has 10 nitrogen and oxygen atoms in total. The number of carbonyl (C=O) groups is 2. The largest absolute Gasteiger partial charge is 0.326 e. The predicted molar refractivity (Wildman–Crippen MR) is 104 cm³/mol. The standard InChI is InChI=1S/C17H19N3O7S2/c18-15(17(22)20-28(23,24)13-6-2-1-3-7-13)9-10-16(21)19-12-5-4-8-14(11-12)29(25,26)27/h1-8,11,15H,9-10,18H2,(H,19,21)(H,20,22)(H,25,26,27). The molecule has 0 heterocycles. The van der Waals surface area contributed by atoms with Gasteiger partial charge in [0.05, 0.1) is 15.8 Å². The highest BCUT2D eigenvalue weighted by Gasteiger charge is 2.22. The summed E-state index contributed by atoms with van der Waals surface area (Å²) in [7, 11) is -8.49. The minimum Gasteiger partial charge on any atom is -0.326 e. The lowest BCUT2D eigenvalue weighted by Gasteiger charge is -2.13. The van der Waals surface area contributed by atoms with Crippen molar-refractivity contribution in [2.24, 2.45) is 5.73 Å². The normalized spacial score (nSPS) is 12.8. The van der Waals surface area contributed by atoms with Gasteiger partial charge in [-0.3, -0.25) is 14.1 Å². The third-order valence-electron chi connectivity index (χ3n) is 3.72. The van der Waals surface area contributed by atoms with Gasteiger partial charge in [0.1, 0.15) is 0 Å². The van der Waals surface area contributed by atoms with Crippen molar-refractivity contribution in [1.29, 1.82) is 0 Å². The van der Waals surface area contributed by atoms with E-state index in [1.54, 1.807) is 6.07 Å². The molecule has 2 amide bonds. The number of carbonyl (C=O) groups excluding carboxylic acids is 2. The van der Waals surface area contributed by atoms with Gasteiger partial charge in [0.25, 0.3) is 26.0 Å². The Bertz CT molecular complexity index is 1100. The van der Waals surface area contributed by atoms with Crippen molar-refractivity contribution in [2.45, 2.75) is 28.7 Å². The van der Waals surface area contributed by atoms with Crippen molar-refractivity contribution in [3.63, 3.8) is 0 Å². The summed E-state index contributed by atoms with van der Waals surface area (Å²) in [6.45, 7) is 0. The molecule has 5 N–H and O–H groups in total. The first-order valence-electron chi connectivity index (χ1n) is 8.24. The van der Waals surface area contributed by atoms with Gasteiger partial charge in [0, 0.05) is 12.1 Å². The Hall–Kier alpha value is -2.80. The molecular weight excluding hydrogens is 422 g/mol. The van der Waals surface area contributed by atoms with Gasteiger partial charge in [0.2, 0.25) is 5.91 Å². The van der Waals surface area contributed by atoms with E-state index in [0.717, 1.165) is 12.1 Å². The molecule has 0 saturated carbocycles. The summed E-state index contributed by atoms with van der Waals surface area (Å²) in [5.41, 5.74) is 5.78.